The van der Waals surface area contributed by atoms with Crippen LogP contribution in [0.3, 0.4) is 0 Å². The van der Waals surface area contributed by atoms with Gasteiger partial charge in [-0.05, 0) is 38.8 Å². The summed E-state index contributed by atoms with van der Waals surface area (Å²) in [5.41, 5.74) is 0. The van der Waals surface area contributed by atoms with E-state index in [1.165, 1.54) is 38.9 Å². The first-order valence-corrected chi connectivity index (χ1v) is 7.33. The van der Waals surface area contributed by atoms with Gasteiger partial charge >= 0.3 is 0 Å². The zero-order valence-electron chi connectivity index (χ0n) is 9.95. The number of hydrogen-bond donors (Lipinski definition) is 0. The Bertz CT molecular complexity index is 210. The van der Waals surface area contributed by atoms with Gasteiger partial charge in [0.1, 0.15) is 0 Å². The Labute approximate surface area is 102 Å². The minimum absolute atomic E-state index is 0.784. The zero-order chi connectivity index (χ0) is 10.8. The molecule has 0 radical (unpaired) electrons. The average Bonchev–Trinajstić information content (AvgIpc) is 2.46. The lowest BCUT2D eigenvalue weighted by Crippen LogP contribution is -2.38. The van der Waals surface area contributed by atoms with Gasteiger partial charge in [-0.25, -0.2) is 0 Å². The molecule has 0 aromatic rings. The van der Waals surface area contributed by atoms with Crippen molar-refractivity contribution in [2.45, 2.75) is 38.3 Å². The van der Waals surface area contributed by atoms with Crippen LogP contribution in [-0.4, -0.2) is 53.9 Å². The van der Waals surface area contributed by atoms with E-state index < -0.39 is 0 Å². The highest BCUT2D eigenvalue weighted by Crippen LogP contribution is 2.28. The molecule has 0 N–H and O–H groups in total. The fourth-order valence-electron chi connectivity index (χ4n) is 3.03. The summed E-state index contributed by atoms with van der Waals surface area (Å²) in [6, 6.07) is 1.71. The quantitative estimate of drug-likeness (QED) is 0.728. The van der Waals surface area contributed by atoms with Gasteiger partial charge in [0.2, 0.25) is 0 Å². The predicted molar refractivity (Wildman–Crippen MR) is 68.6 cm³/mol. The largest absolute Gasteiger partial charge is 0.301 e. The van der Waals surface area contributed by atoms with Crippen molar-refractivity contribution in [1.29, 1.82) is 0 Å². The van der Waals surface area contributed by atoms with Crippen molar-refractivity contribution >= 4 is 15.9 Å². The molecule has 2 saturated heterocycles. The molecule has 0 spiro atoms. The van der Waals surface area contributed by atoms with Crippen LogP contribution in [0, 0.1) is 5.92 Å². The van der Waals surface area contributed by atoms with Crippen molar-refractivity contribution in [2.24, 2.45) is 5.92 Å². The molecule has 2 fully saturated rings. The maximum absolute atomic E-state index is 3.58. The van der Waals surface area contributed by atoms with Crippen molar-refractivity contribution < 1.29 is 0 Å². The van der Waals surface area contributed by atoms with Crippen molar-refractivity contribution in [3.05, 3.63) is 0 Å². The van der Waals surface area contributed by atoms with Gasteiger partial charge in [0.05, 0.1) is 0 Å². The van der Waals surface area contributed by atoms with Crippen LogP contribution in [0.1, 0.15) is 26.2 Å². The maximum atomic E-state index is 3.58. The molecule has 0 aromatic heterocycles. The molecule has 0 aromatic carbocycles. The predicted octanol–water partition coefficient (Wildman–Crippen LogP) is 2.19. The Hall–Kier alpha value is 0.400. The lowest BCUT2D eigenvalue weighted by Gasteiger charge is -2.27. The third-order valence-corrected chi connectivity index (χ3v) is 5.17. The molecule has 3 unspecified atom stereocenters. The molecule has 0 saturated carbocycles. The number of nitrogens with zero attached hydrogens (tertiary/aromatic N) is 2. The highest BCUT2D eigenvalue weighted by Gasteiger charge is 2.34. The lowest BCUT2D eigenvalue weighted by molar-refractivity contribution is 0.206. The van der Waals surface area contributed by atoms with Crippen LogP contribution in [-0.2, 0) is 0 Å². The number of hydrogen-bond acceptors (Lipinski definition) is 2. The Balaban J connectivity index is 1.89. The molecule has 2 aliphatic heterocycles. The summed E-state index contributed by atoms with van der Waals surface area (Å²) in [5, 5.41) is 1.13. The zero-order valence-corrected chi connectivity index (χ0v) is 11.5. The number of fused-ring (bicyclic) bond motifs is 2. The summed E-state index contributed by atoms with van der Waals surface area (Å²) in [6.45, 7) is 6.21. The molecule has 3 atom stereocenters. The number of alkyl halides is 1. The molecular formula is C12H23BrN2. The third-order valence-electron chi connectivity index (χ3n) is 4.07. The van der Waals surface area contributed by atoms with Crippen LogP contribution < -0.4 is 0 Å². The molecule has 3 heteroatoms. The van der Waals surface area contributed by atoms with Gasteiger partial charge in [0.25, 0.3) is 0 Å². The Morgan fingerprint density at radius 3 is 2.73 bits per heavy atom. The number of halogens is 1. The van der Waals surface area contributed by atoms with Crippen LogP contribution in [0.15, 0.2) is 0 Å². The van der Waals surface area contributed by atoms with Crippen LogP contribution >= 0.6 is 15.9 Å². The van der Waals surface area contributed by atoms with E-state index in [9.17, 15) is 0 Å². The van der Waals surface area contributed by atoms with E-state index in [4.69, 9.17) is 0 Å². The van der Waals surface area contributed by atoms with Crippen molar-refractivity contribution in [1.82, 2.24) is 9.80 Å². The first kappa shape index (κ1) is 11.9. The van der Waals surface area contributed by atoms with E-state index in [0.29, 0.717) is 0 Å². The van der Waals surface area contributed by atoms with Gasteiger partial charge in [-0.1, -0.05) is 22.9 Å². The molecule has 0 aliphatic carbocycles. The van der Waals surface area contributed by atoms with Gasteiger partial charge < -0.3 is 4.90 Å². The van der Waals surface area contributed by atoms with E-state index in [1.807, 2.05) is 0 Å². The average molecular weight is 275 g/mol. The van der Waals surface area contributed by atoms with Crippen LogP contribution in [0.5, 0.6) is 0 Å². The summed E-state index contributed by atoms with van der Waals surface area (Å²) >= 11 is 3.58. The summed E-state index contributed by atoms with van der Waals surface area (Å²) in [4.78, 5) is 5.30. The minimum Gasteiger partial charge on any atom is -0.301 e. The second-order valence-electron chi connectivity index (χ2n) is 5.36. The van der Waals surface area contributed by atoms with E-state index in [0.717, 1.165) is 23.3 Å². The molecule has 2 rings (SSSR count). The standard InChI is InChI=1S/C12H23BrN2/c1-10(7-13)8-15-6-5-11-3-4-12(9-15)14(11)2/h10-12H,3-9H2,1-2H3. The van der Waals surface area contributed by atoms with Gasteiger partial charge in [-0.15, -0.1) is 0 Å². The number of rotatable bonds is 3. The third kappa shape index (κ3) is 2.75. The highest BCUT2D eigenvalue weighted by atomic mass is 79.9. The minimum atomic E-state index is 0.784. The monoisotopic (exact) mass is 274 g/mol. The van der Waals surface area contributed by atoms with Crippen LogP contribution in [0.2, 0.25) is 0 Å². The number of likely N-dealkylation sites (tertiary alicyclic amines) is 1. The molecule has 15 heavy (non-hydrogen) atoms. The fourth-order valence-corrected chi connectivity index (χ4v) is 3.24. The molecule has 2 heterocycles. The van der Waals surface area contributed by atoms with Gasteiger partial charge in [0.15, 0.2) is 0 Å². The summed E-state index contributed by atoms with van der Waals surface area (Å²) in [6.07, 6.45) is 4.23. The van der Waals surface area contributed by atoms with Crippen molar-refractivity contribution in [3.63, 3.8) is 0 Å². The Morgan fingerprint density at radius 1 is 1.27 bits per heavy atom. The second-order valence-corrected chi connectivity index (χ2v) is 6.01. The van der Waals surface area contributed by atoms with E-state index in [2.05, 4.69) is 39.7 Å². The lowest BCUT2D eigenvalue weighted by atomic mass is 10.1. The molecule has 0 amide bonds. The molecule has 2 aliphatic rings. The second kappa shape index (κ2) is 5.15. The molecular weight excluding hydrogens is 252 g/mol. The van der Waals surface area contributed by atoms with Crippen molar-refractivity contribution in [3.8, 4) is 0 Å². The summed E-state index contributed by atoms with van der Waals surface area (Å²) < 4.78 is 0. The van der Waals surface area contributed by atoms with Crippen LogP contribution in [0.4, 0.5) is 0 Å². The number of likely N-dealkylation sites (N-methyl/N-ethyl adjacent to an activating group) is 1. The summed E-state index contributed by atoms with van der Waals surface area (Å²) in [5.74, 6) is 0.784. The first-order valence-electron chi connectivity index (χ1n) is 6.21. The van der Waals surface area contributed by atoms with Crippen LogP contribution in [0.25, 0.3) is 0 Å². The highest BCUT2D eigenvalue weighted by molar-refractivity contribution is 9.09. The fraction of sp³-hybridized carbons (Fsp3) is 1.00. The van der Waals surface area contributed by atoms with E-state index >= 15 is 0 Å². The normalized spacial score (nSPS) is 35.4. The Morgan fingerprint density at radius 2 is 2.00 bits per heavy atom. The molecule has 2 bridgehead atoms. The van der Waals surface area contributed by atoms with Gasteiger partial charge in [-0.2, -0.15) is 0 Å². The van der Waals surface area contributed by atoms with Crippen molar-refractivity contribution in [2.75, 3.05) is 32.0 Å². The smallest absolute Gasteiger partial charge is 0.0223 e. The van der Waals surface area contributed by atoms with Gasteiger partial charge in [0, 0.05) is 30.5 Å². The first-order chi connectivity index (χ1) is 7.20. The Kier molecular flexibility index (Phi) is 4.08. The SMILES string of the molecule is CC(CBr)CN1CCC2CCC(C1)N2C. The van der Waals surface area contributed by atoms with E-state index in [-0.39, 0.29) is 0 Å². The maximum Gasteiger partial charge on any atom is 0.0223 e. The van der Waals surface area contributed by atoms with E-state index in [1.54, 1.807) is 0 Å². The molecule has 2 nitrogen and oxygen atoms in total. The summed E-state index contributed by atoms with van der Waals surface area (Å²) in [7, 11) is 2.32. The topological polar surface area (TPSA) is 6.48 Å². The van der Waals surface area contributed by atoms with Gasteiger partial charge in [-0.3, -0.25) is 4.90 Å². The molecule has 88 valence electrons.